The lowest BCUT2D eigenvalue weighted by Crippen LogP contribution is -2.39. The zero-order valence-corrected chi connectivity index (χ0v) is 15.8. The van der Waals surface area contributed by atoms with E-state index in [1.807, 2.05) is 6.92 Å². The summed E-state index contributed by atoms with van der Waals surface area (Å²) in [6, 6.07) is 8.07. The number of carbonyl (C=O) groups is 1. The summed E-state index contributed by atoms with van der Waals surface area (Å²) in [5, 5.41) is 20.1. The Balaban J connectivity index is 1.87. The van der Waals surface area contributed by atoms with Gasteiger partial charge in [0.15, 0.2) is 0 Å². The number of aliphatic hydroxyl groups is 1. The van der Waals surface area contributed by atoms with Crippen molar-refractivity contribution in [1.29, 1.82) is 0 Å². The van der Waals surface area contributed by atoms with E-state index in [4.69, 9.17) is 0 Å². The maximum atomic E-state index is 13.0. The summed E-state index contributed by atoms with van der Waals surface area (Å²) in [6.45, 7) is 2.24. The molecule has 1 aliphatic carbocycles. The Morgan fingerprint density at radius 3 is 2.70 bits per heavy atom. The molecule has 1 aliphatic rings. The predicted molar refractivity (Wildman–Crippen MR) is 103 cm³/mol. The van der Waals surface area contributed by atoms with Crippen LogP contribution in [0, 0.1) is 0 Å². The third-order valence-electron chi connectivity index (χ3n) is 5.29. The van der Waals surface area contributed by atoms with Gasteiger partial charge >= 0.3 is 0 Å². The van der Waals surface area contributed by atoms with Crippen LogP contribution in [0.2, 0.25) is 0 Å². The molecule has 1 aromatic heterocycles. The number of rotatable bonds is 5. The number of likely N-dealkylation sites (N-methyl/N-ethyl adjacent to an activating group) is 1. The van der Waals surface area contributed by atoms with Crippen LogP contribution in [0.4, 0.5) is 0 Å². The molecule has 1 heterocycles. The molecule has 144 valence electrons. The molecule has 1 aromatic carbocycles. The van der Waals surface area contributed by atoms with Gasteiger partial charge in [-0.25, -0.2) is 0 Å². The molecule has 2 aromatic rings. The second-order valence-corrected chi connectivity index (χ2v) is 7.06. The van der Waals surface area contributed by atoms with E-state index < -0.39 is 6.10 Å². The normalized spacial score (nSPS) is 14.5. The Hall–Kier alpha value is -2.60. The minimum absolute atomic E-state index is 0.0546. The van der Waals surface area contributed by atoms with Crippen LogP contribution in [0.25, 0.3) is 0 Å². The van der Waals surface area contributed by atoms with E-state index in [9.17, 15) is 19.8 Å². The number of aryl methyl sites for hydroxylation is 1. The summed E-state index contributed by atoms with van der Waals surface area (Å²) < 4.78 is 1.60. The van der Waals surface area contributed by atoms with Crippen LogP contribution in [0.15, 0.2) is 35.1 Å². The molecule has 0 aliphatic heterocycles. The van der Waals surface area contributed by atoms with E-state index in [1.165, 1.54) is 17.0 Å². The van der Waals surface area contributed by atoms with Gasteiger partial charge in [0, 0.05) is 19.3 Å². The van der Waals surface area contributed by atoms with E-state index in [0.717, 1.165) is 36.9 Å². The average Bonchev–Trinajstić information content (AvgIpc) is 2.68. The lowest BCUT2D eigenvalue weighted by atomic mass is 9.94. The van der Waals surface area contributed by atoms with E-state index >= 15 is 0 Å². The van der Waals surface area contributed by atoms with Crippen molar-refractivity contribution in [3.63, 3.8) is 0 Å². The van der Waals surface area contributed by atoms with Crippen LogP contribution in [0.3, 0.4) is 0 Å². The number of carbonyl (C=O) groups excluding carboxylic acids is 1. The number of hydrogen-bond donors (Lipinski definition) is 2. The van der Waals surface area contributed by atoms with Crippen LogP contribution in [-0.2, 0) is 19.9 Å². The first-order valence-electron chi connectivity index (χ1n) is 9.40. The van der Waals surface area contributed by atoms with Crippen molar-refractivity contribution in [2.75, 3.05) is 13.1 Å². The highest BCUT2D eigenvalue weighted by molar-refractivity contribution is 5.94. The largest absolute Gasteiger partial charge is 0.508 e. The summed E-state index contributed by atoms with van der Waals surface area (Å²) >= 11 is 0. The maximum Gasteiger partial charge on any atom is 0.263 e. The second-order valence-electron chi connectivity index (χ2n) is 7.06. The molecule has 0 radical (unpaired) electrons. The van der Waals surface area contributed by atoms with E-state index in [0.29, 0.717) is 12.1 Å². The van der Waals surface area contributed by atoms with Gasteiger partial charge in [-0.2, -0.15) is 0 Å². The van der Waals surface area contributed by atoms with Crippen molar-refractivity contribution in [2.24, 2.45) is 7.05 Å². The van der Waals surface area contributed by atoms with E-state index in [-0.39, 0.29) is 29.3 Å². The summed E-state index contributed by atoms with van der Waals surface area (Å²) in [5.74, 6) is -0.310. The van der Waals surface area contributed by atoms with Crippen LogP contribution in [0.1, 0.15) is 53.0 Å². The van der Waals surface area contributed by atoms with Gasteiger partial charge in [0.05, 0.1) is 12.6 Å². The standard InChI is InChI=1S/C21H26N2O4/c1-3-23(13-19(25)15-8-6-9-16(24)11-15)21(27)17-12-14-7-4-5-10-18(14)22(2)20(17)26/h6,8-9,11-12,19,24-25H,3-5,7,10,13H2,1-2H3/t19-/m0/s1. The van der Waals surface area contributed by atoms with Crippen molar-refractivity contribution in [2.45, 2.75) is 38.7 Å². The van der Waals surface area contributed by atoms with Gasteiger partial charge in [-0.1, -0.05) is 12.1 Å². The Labute approximate surface area is 158 Å². The molecule has 6 nitrogen and oxygen atoms in total. The third-order valence-corrected chi connectivity index (χ3v) is 5.29. The SMILES string of the molecule is CCN(C[C@H](O)c1cccc(O)c1)C(=O)c1cc2c(n(C)c1=O)CCCC2. The van der Waals surface area contributed by atoms with Gasteiger partial charge in [0.1, 0.15) is 11.3 Å². The number of phenols is 1. The van der Waals surface area contributed by atoms with Crippen molar-refractivity contribution in [1.82, 2.24) is 9.47 Å². The Morgan fingerprint density at radius 1 is 1.26 bits per heavy atom. The molecule has 1 amide bonds. The molecule has 6 heteroatoms. The quantitative estimate of drug-likeness (QED) is 0.845. The molecular weight excluding hydrogens is 344 g/mol. The number of benzene rings is 1. The van der Waals surface area contributed by atoms with Gasteiger partial charge in [0.2, 0.25) is 0 Å². The maximum absolute atomic E-state index is 13.0. The predicted octanol–water partition coefficient (Wildman–Crippen LogP) is 2.17. The van der Waals surface area contributed by atoms with Gasteiger partial charge in [-0.15, -0.1) is 0 Å². The zero-order valence-electron chi connectivity index (χ0n) is 15.8. The van der Waals surface area contributed by atoms with Gasteiger partial charge < -0.3 is 19.7 Å². The molecular formula is C21H26N2O4. The summed E-state index contributed by atoms with van der Waals surface area (Å²) in [5.41, 5.74) is 2.48. The van der Waals surface area contributed by atoms with Crippen LogP contribution < -0.4 is 5.56 Å². The molecule has 1 atom stereocenters. The number of amides is 1. The van der Waals surface area contributed by atoms with Crippen molar-refractivity contribution in [3.05, 3.63) is 63.1 Å². The molecule has 0 saturated heterocycles. The number of hydrogen-bond acceptors (Lipinski definition) is 4. The third kappa shape index (κ3) is 3.90. The first kappa shape index (κ1) is 19.2. The topological polar surface area (TPSA) is 82.8 Å². The Kier molecular flexibility index (Phi) is 5.65. The summed E-state index contributed by atoms with van der Waals surface area (Å²) in [6.07, 6.45) is 2.92. The fraction of sp³-hybridized carbons (Fsp3) is 0.429. The fourth-order valence-corrected chi connectivity index (χ4v) is 3.72. The lowest BCUT2D eigenvalue weighted by molar-refractivity contribution is 0.0632. The number of aliphatic hydroxyl groups excluding tert-OH is 1. The Morgan fingerprint density at radius 2 is 2.00 bits per heavy atom. The molecule has 0 spiro atoms. The van der Waals surface area contributed by atoms with Gasteiger partial charge in [-0.3, -0.25) is 9.59 Å². The molecule has 3 rings (SSSR count). The number of fused-ring (bicyclic) bond motifs is 1. The highest BCUT2D eigenvalue weighted by atomic mass is 16.3. The number of aromatic hydroxyl groups is 1. The smallest absolute Gasteiger partial charge is 0.263 e. The highest BCUT2D eigenvalue weighted by Gasteiger charge is 2.24. The zero-order chi connectivity index (χ0) is 19.6. The van der Waals surface area contributed by atoms with Gasteiger partial charge in [0.25, 0.3) is 11.5 Å². The minimum atomic E-state index is -0.942. The molecule has 27 heavy (non-hydrogen) atoms. The van der Waals surface area contributed by atoms with E-state index in [1.54, 1.807) is 29.8 Å². The van der Waals surface area contributed by atoms with Crippen LogP contribution in [-0.4, -0.2) is 38.7 Å². The molecule has 0 fully saturated rings. The average molecular weight is 370 g/mol. The minimum Gasteiger partial charge on any atom is -0.508 e. The number of phenolic OH excluding ortho intramolecular Hbond substituents is 1. The van der Waals surface area contributed by atoms with Crippen molar-refractivity contribution < 1.29 is 15.0 Å². The lowest BCUT2D eigenvalue weighted by Gasteiger charge is -2.26. The summed E-state index contributed by atoms with van der Waals surface area (Å²) in [7, 11) is 1.72. The molecule has 0 unspecified atom stereocenters. The monoisotopic (exact) mass is 370 g/mol. The number of pyridine rings is 1. The number of nitrogens with zero attached hydrogens (tertiary/aromatic N) is 2. The number of aromatic nitrogens is 1. The molecule has 2 N–H and O–H groups in total. The van der Waals surface area contributed by atoms with E-state index in [2.05, 4.69) is 0 Å². The van der Waals surface area contributed by atoms with Crippen molar-refractivity contribution >= 4 is 5.91 Å². The highest BCUT2D eigenvalue weighted by Crippen LogP contribution is 2.22. The first-order valence-corrected chi connectivity index (χ1v) is 9.40. The summed E-state index contributed by atoms with van der Waals surface area (Å²) in [4.78, 5) is 27.2. The van der Waals surface area contributed by atoms with Crippen LogP contribution >= 0.6 is 0 Å². The first-order chi connectivity index (χ1) is 12.9. The van der Waals surface area contributed by atoms with Crippen LogP contribution in [0.5, 0.6) is 5.75 Å². The van der Waals surface area contributed by atoms with Crippen molar-refractivity contribution in [3.8, 4) is 5.75 Å². The Bertz CT molecular complexity index is 904. The molecule has 0 bridgehead atoms. The van der Waals surface area contributed by atoms with Gasteiger partial charge in [-0.05, 0) is 61.9 Å². The molecule has 0 saturated carbocycles. The fourth-order valence-electron chi connectivity index (χ4n) is 3.72. The second kappa shape index (κ2) is 7.96.